The van der Waals surface area contributed by atoms with E-state index >= 15 is 0 Å². The van der Waals surface area contributed by atoms with E-state index in [1.807, 2.05) is 12.2 Å². The van der Waals surface area contributed by atoms with Crippen molar-refractivity contribution in [1.29, 1.82) is 0 Å². The number of allylic oxidation sites excluding steroid dienone is 2. The number of alkyl halides is 1. The molecule has 1 fully saturated rings. The minimum Gasteiger partial charge on any atom is -0.393 e. The second-order valence-electron chi connectivity index (χ2n) is 9.61. The van der Waals surface area contributed by atoms with Crippen LogP contribution >= 0.6 is 7.37 Å². The fraction of sp³-hybridized carbons (Fsp3) is 0.680. The summed E-state index contributed by atoms with van der Waals surface area (Å²) in [4.78, 5) is 9.62. The molecule has 0 amide bonds. The van der Waals surface area contributed by atoms with Crippen molar-refractivity contribution in [3.8, 4) is 0 Å². The Hall–Kier alpha value is -1.07. The number of hydrogen-bond acceptors (Lipinski definition) is 3. The molecule has 3 rings (SSSR count). The molecule has 0 aliphatic heterocycles. The molecule has 2 aliphatic carbocycles. The highest BCUT2D eigenvalue weighted by molar-refractivity contribution is 7.57. The Balaban J connectivity index is 1.46. The summed E-state index contributed by atoms with van der Waals surface area (Å²) in [5.74, 6) is -0.697. The first-order chi connectivity index (χ1) is 15.2. The molecular weight excluding hydrogens is 433 g/mol. The number of rotatable bonds is 11. The van der Waals surface area contributed by atoms with Gasteiger partial charge < -0.3 is 15.1 Å². The van der Waals surface area contributed by atoms with Gasteiger partial charge in [0.2, 0.25) is 0 Å². The molecule has 0 bridgehead atoms. The summed E-state index contributed by atoms with van der Waals surface area (Å²) in [5, 5.41) is 21.1. The fourth-order valence-corrected chi connectivity index (χ4v) is 6.33. The highest BCUT2D eigenvalue weighted by Gasteiger charge is 2.42. The maximum Gasteiger partial charge on any atom is 0.200 e. The maximum atomic E-state index is 14.6. The molecule has 2 aliphatic rings. The minimum absolute atomic E-state index is 0.0279. The summed E-state index contributed by atoms with van der Waals surface area (Å²) in [6.45, 7) is 1.72. The van der Waals surface area contributed by atoms with Gasteiger partial charge in [-0.2, -0.15) is 0 Å². The molecule has 0 aromatic heterocycles. The van der Waals surface area contributed by atoms with Gasteiger partial charge in [0.1, 0.15) is 12.0 Å². The van der Waals surface area contributed by atoms with E-state index in [1.54, 1.807) is 13.0 Å². The number of fused-ring (bicyclic) bond motifs is 1. The zero-order valence-corrected chi connectivity index (χ0v) is 19.8. The highest BCUT2D eigenvalue weighted by Crippen LogP contribution is 2.42. The lowest BCUT2D eigenvalue weighted by molar-refractivity contribution is 0.0786. The van der Waals surface area contributed by atoms with Gasteiger partial charge in [-0.05, 0) is 86.0 Å². The van der Waals surface area contributed by atoms with E-state index in [0.29, 0.717) is 57.3 Å². The van der Waals surface area contributed by atoms with Gasteiger partial charge in [0, 0.05) is 18.7 Å². The van der Waals surface area contributed by atoms with Crippen LogP contribution in [0, 0.1) is 23.6 Å². The number of halogens is 2. The smallest absolute Gasteiger partial charge is 0.200 e. The summed E-state index contributed by atoms with van der Waals surface area (Å²) in [6, 6.07) is 4.77. The molecule has 1 saturated carbocycles. The lowest BCUT2D eigenvalue weighted by Crippen LogP contribution is -2.25. The van der Waals surface area contributed by atoms with E-state index in [4.69, 9.17) is 0 Å². The largest absolute Gasteiger partial charge is 0.393 e. The Bertz CT molecular complexity index is 830. The van der Waals surface area contributed by atoms with Gasteiger partial charge in [-0.25, -0.2) is 8.78 Å². The molecule has 0 heterocycles. The molecule has 2 unspecified atom stereocenters. The summed E-state index contributed by atoms with van der Waals surface area (Å²) >= 11 is 0. The van der Waals surface area contributed by atoms with E-state index in [1.165, 1.54) is 12.1 Å². The van der Waals surface area contributed by atoms with E-state index in [-0.39, 0.29) is 30.0 Å². The number of benzene rings is 1. The average molecular weight is 471 g/mol. The SMILES string of the molecule is CCP(=O)(O)CCC/C=C\C[C@@H]1[C@@H](CC[C@H](O)C2Cc3ccc(F)cc3C2)[C@@H](F)C[C@@H]1O. The monoisotopic (exact) mass is 470 g/mol. The van der Waals surface area contributed by atoms with Crippen LogP contribution in [-0.4, -0.2) is 45.8 Å². The molecule has 7 atom stereocenters. The van der Waals surface area contributed by atoms with Crippen molar-refractivity contribution < 1.29 is 28.5 Å². The van der Waals surface area contributed by atoms with Gasteiger partial charge in [0.25, 0.3) is 0 Å². The summed E-state index contributed by atoms with van der Waals surface area (Å²) in [5.41, 5.74) is 2.03. The zero-order valence-electron chi connectivity index (χ0n) is 18.9. The number of hydrogen-bond donors (Lipinski definition) is 3. The van der Waals surface area contributed by atoms with Gasteiger partial charge in [0.05, 0.1) is 12.2 Å². The van der Waals surface area contributed by atoms with Gasteiger partial charge in [-0.3, -0.25) is 4.57 Å². The van der Waals surface area contributed by atoms with Crippen molar-refractivity contribution in [1.82, 2.24) is 0 Å². The van der Waals surface area contributed by atoms with Crippen LogP contribution in [0.3, 0.4) is 0 Å². The third-order valence-electron chi connectivity index (χ3n) is 7.40. The van der Waals surface area contributed by atoms with Crippen molar-refractivity contribution in [2.45, 2.75) is 76.7 Å². The predicted molar refractivity (Wildman–Crippen MR) is 123 cm³/mol. The molecule has 0 radical (unpaired) electrons. The third kappa shape index (κ3) is 6.72. The second-order valence-corrected chi connectivity index (χ2v) is 12.4. The molecule has 7 heteroatoms. The first-order valence-electron chi connectivity index (χ1n) is 11.9. The molecule has 1 aromatic carbocycles. The predicted octanol–water partition coefficient (Wildman–Crippen LogP) is 5.03. The zero-order chi connectivity index (χ0) is 23.3. The number of aliphatic hydroxyl groups is 2. The van der Waals surface area contributed by atoms with Crippen molar-refractivity contribution in [2.24, 2.45) is 17.8 Å². The first-order valence-corrected chi connectivity index (χ1v) is 14.0. The molecule has 180 valence electrons. The van der Waals surface area contributed by atoms with Gasteiger partial charge in [0.15, 0.2) is 7.37 Å². The van der Waals surface area contributed by atoms with Crippen molar-refractivity contribution in [3.05, 3.63) is 47.3 Å². The second kappa shape index (κ2) is 11.4. The van der Waals surface area contributed by atoms with Crippen LogP contribution in [0.5, 0.6) is 0 Å². The number of aliphatic hydroxyl groups excluding tert-OH is 2. The quantitative estimate of drug-likeness (QED) is 0.241. The normalized spacial score (nSPS) is 30.5. The molecule has 4 nitrogen and oxygen atoms in total. The van der Waals surface area contributed by atoms with E-state index in [2.05, 4.69) is 0 Å². The highest BCUT2D eigenvalue weighted by atomic mass is 31.2. The molecule has 1 aromatic rings. The molecule has 3 N–H and O–H groups in total. The Kier molecular flexibility index (Phi) is 9.08. The minimum atomic E-state index is -2.99. The third-order valence-corrected chi connectivity index (χ3v) is 9.40. The van der Waals surface area contributed by atoms with E-state index < -0.39 is 25.7 Å². The lowest BCUT2D eigenvalue weighted by atomic mass is 9.84. The van der Waals surface area contributed by atoms with E-state index in [0.717, 1.165) is 11.1 Å². The van der Waals surface area contributed by atoms with E-state index in [9.17, 15) is 28.5 Å². The Morgan fingerprint density at radius 1 is 1.22 bits per heavy atom. The molecule has 0 saturated heterocycles. The first kappa shape index (κ1) is 25.6. The van der Waals surface area contributed by atoms with Crippen LogP contribution in [-0.2, 0) is 17.4 Å². The fourth-order valence-electron chi connectivity index (χ4n) is 5.34. The van der Waals surface area contributed by atoms with Crippen molar-refractivity contribution >= 4 is 7.37 Å². The summed E-state index contributed by atoms with van der Waals surface area (Å²) in [7, 11) is -2.99. The maximum absolute atomic E-state index is 14.6. The van der Waals surface area contributed by atoms with Gasteiger partial charge in [-0.15, -0.1) is 0 Å². The van der Waals surface area contributed by atoms with Crippen molar-refractivity contribution in [2.75, 3.05) is 12.3 Å². The summed E-state index contributed by atoms with van der Waals surface area (Å²) < 4.78 is 39.7. The number of unbranched alkanes of at least 4 members (excludes halogenated alkanes) is 1. The Morgan fingerprint density at radius 2 is 1.97 bits per heavy atom. The van der Waals surface area contributed by atoms with Crippen LogP contribution in [0.1, 0.15) is 56.6 Å². The van der Waals surface area contributed by atoms with Gasteiger partial charge in [-0.1, -0.05) is 25.1 Å². The Morgan fingerprint density at radius 3 is 2.72 bits per heavy atom. The van der Waals surface area contributed by atoms with Crippen LogP contribution < -0.4 is 0 Å². The molecule has 0 spiro atoms. The van der Waals surface area contributed by atoms with Gasteiger partial charge >= 0.3 is 0 Å². The lowest BCUT2D eigenvalue weighted by Gasteiger charge is -2.24. The van der Waals surface area contributed by atoms with Crippen LogP contribution in [0.25, 0.3) is 0 Å². The van der Waals surface area contributed by atoms with Crippen LogP contribution in [0.4, 0.5) is 8.78 Å². The standard InChI is InChI=1S/C25H37F2O4P/c1-2-32(30,31)12-6-4-3-5-7-22-21(23(27)16-25(22)29)10-11-24(28)19-13-17-8-9-20(26)15-18(17)14-19/h3,5,8-9,15,19,21-25,28-29H,2,4,6-7,10-14,16H2,1H3,(H,30,31)/b5-3-/t19?,21-,22-,23+,24+,25+/m1/s1. The van der Waals surface area contributed by atoms with Crippen LogP contribution in [0.15, 0.2) is 30.4 Å². The molecular formula is C25H37F2O4P. The Labute approximate surface area is 190 Å². The average Bonchev–Trinajstić information content (AvgIpc) is 3.28. The summed E-state index contributed by atoms with van der Waals surface area (Å²) in [6.07, 6.45) is 6.57. The molecule has 32 heavy (non-hydrogen) atoms. The van der Waals surface area contributed by atoms with Crippen molar-refractivity contribution in [3.63, 3.8) is 0 Å². The topological polar surface area (TPSA) is 77.8 Å². The van der Waals surface area contributed by atoms with Crippen LogP contribution in [0.2, 0.25) is 0 Å².